The maximum absolute atomic E-state index is 11.5. The Labute approximate surface area is 105 Å². The molecule has 2 aliphatic heterocycles. The fraction of sp³-hybridized carbons (Fsp3) is 0.818. The molecule has 16 heavy (non-hydrogen) atoms. The molecule has 0 saturated carbocycles. The molecule has 0 bridgehead atoms. The van der Waals surface area contributed by atoms with E-state index >= 15 is 0 Å². The second-order valence-electron chi connectivity index (χ2n) is 5.23. The minimum atomic E-state index is -0.419. The van der Waals surface area contributed by atoms with Gasteiger partial charge in [0, 0.05) is 11.2 Å². The van der Waals surface area contributed by atoms with Gasteiger partial charge in [0.2, 0.25) is 0 Å². The molecule has 0 aromatic rings. The molecule has 5 heteroatoms. The third-order valence-electron chi connectivity index (χ3n) is 3.41. The summed E-state index contributed by atoms with van der Waals surface area (Å²) in [6, 6.07) is 0. The van der Waals surface area contributed by atoms with Crippen LogP contribution in [0.5, 0.6) is 0 Å². The van der Waals surface area contributed by atoms with Crippen LogP contribution in [0.2, 0.25) is 0 Å². The average molecular weight is 259 g/mol. The minimum absolute atomic E-state index is 0.0739. The molecule has 2 heterocycles. The highest BCUT2D eigenvalue weighted by Gasteiger charge is 2.54. The summed E-state index contributed by atoms with van der Waals surface area (Å²) in [6.45, 7) is 4.36. The van der Waals surface area contributed by atoms with Gasteiger partial charge in [-0.05, 0) is 12.2 Å². The monoisotopic (exact) mass is 259 g/mol. The molecule has 3 nitrogen and oxygen atoms in total. The first-order valence-corrected chi connectivity index (χ1v) is 6.89. The van der Waals surface area contributed by atoms with Gasteiger partial charge in [0.1, 0.15) is 5.60 Å². The summed E-state index contributed by atoms with van der Waals surface area (Å²) < 4.78 is 5.71. The van der Waals surface area contributed by atoms with Gasteiger partial charge < -0.3 is 10.5 Å². The van der Waals surface area contributed by atoms with Gasteiger partial charge in [-0.1, -0.05) is 26.1 Å². The van der Waals surface area contributed by atoms with Gasteiger partial charge in [0.05, 0.1) is 17.3 Å². The van der Waals surface area contributed by atoms with Crippen molar-refractivity contribution in [2.45, 2.75) is 43.5 Å². The Morgan fingerprint density at radius 2 is 2.31 bits per heavy atom. The van der Waals surface area contributed by atoms with Crippen LogP contribution in [0, 0.1) is 5.92 Å². The molecule has 2 saturated heterocycles. The van der Waals surface area contributed by atoms with E-state index in [-0.39, 0.29) is 16.6 Å². The summed E-state index contributed by atoms with van der Waals surface area (Å²) in [4.78, 5) is 11.9. The number of hydrogen-bond donors (Lipinski definition) is 1. The average Bonchev–Trinajstić information content (AvgIpc) is 2.40. The number of rotatable bonds is 1. The third-order valence-corrected chi connectivity index (χ3v) is 5.03. The van der Waals surface area contributed by atoms with E-state index in [2.05, 4.69) is 13.8 Å². The zero-order valence-electron chi connectivity index (χ0n) is 9.62. The Morgan fingerprint density at radius 3 is 2.88 bits per heavy atom. The van der Waals surface area contributed by atoms with E-state index < -0.39 is 5.60 Å². The molecule has 0 aliphatic carbocycles. The van der Waals surface area contributed by atoms with E-state index in [1.54, 1.807) is 0 Å². The van der Waals surface area contributed by atoms with Crippen molar-refractivity contribution in [3.05, 3.63) is 0 Å². The predicted molar refractivity (Wildman–Crippen MR) is 69.5 cm³/mol. The number of esters is 1. The van der Waals surface area contributed by atoms with Crippen molar-refractivity contribution >= 4 is 34.9 Å². The maximum Gasteiger partial charge on any atom is 0.307 e. The van der Waals surface area contributed by atoms with E-state index in [4.69, 9.17) is 22.7 Å². The van der Waals surface area contributed by atoms with Crippen LogP contribution < -0.4 is 5.73 Å². The van der Waals surface area contributed by atoms with E-state index in [1.165, 1.54) is 0 Å². The highest BCUT2D eigenvalue weighted by molar-refractivity contribution is 8.00. The molecule has 1 spiro atoms. The Balaban J connectivity index is 2.28. The van der Waals surface area contributed by atoms with Gasteiger partial charge in [-0.15, -0.1) is 0 Å². The van der Waals surface area contributed by atoms with E-state index in [0.717, 1.165) is 18.6 Å². The number of ether oxygens (including phenoxy) is 1. The lowest BCUT2D eigenvalue weighted by Crippen LogP contribution is -2.49. The Kier molecular flexibility index (Phi) is 2.95. The second-order valence-corrected chi connectivity index (χ2v) is 7.51. The number of carbonyl (C=O) groups is 1. The smallest absolute Gasteiger partial charge is 0.307 e. The van der Waals surface area contributed by atoms with Gasteiger partial charge in [0.25, 0.3) is 0 Å². The van der Waals surface area contributed by atoms with Crippen molar-refractivity contribution in [2.75, 3.05) is 5.75 Å². The number of carbonyl (C=O) groups excluding carboxylic acids is 1. The highest BCUT2D eigenvalue weighted by Crippen LogP contribution is 2.50. The van der Waals surface area contributed by atoms with Crippen LogP contribution >= 0.6 is 24.0 Å². The molecule has 90 valence electrons. The number of thiocarbonyl (C=S) groups is 1. The quantitative estimate of drug-likeness (QED) is 0.575. The highest BCUT2D eigenvalue weighted by atomic mass is 32.2. The molecule has 2 N–H and O–H groups in total. The van der Waals surface area contributed by atoms with Crippen molar-refractivity contribution in [2.24, 2.45) is 11.7 Å². The van der Waals surface area contributed by atoms with Gasteiger partial charge in [-0.2, -0.15) is 11.8 Å². The van der Waals surface area contributed by atoms with Crippen molar-refractivity contribution in [3.8, 4) is 0 Å². The van der Waals surface area contributed by atoms with Crippen LogP contribution in [0.4, 0.5) is 0 Å². The molecule has 2 rings (SSSR count). The summed E-state index contributed by atoms with van der Waals surface area (Å²) in [5.74, 6) is 0.773. The van der Waals surface area contributed by atoms with E-state index in [9.17, 15) is 4.79 Å². The second kappa shape index (κ2) is 3.88. The maximum atomic E-state index is 11.5. The van der Waals surface area contributed by atoms with Gasteiger partial charge in [0.15, 0.2) is 0 Å². The molecule has 2 fully saturated rings. The lowest BCUT2D eigenvalue weighted by molar-refractivity contribution is -0.150. The molecule has 0 aromatic carbocycles. The Morgan fingerprint density at radius 1 is 1.62 bits per heavy atom. The molecule has 0 amide bonds. The van der Waals surface area contributed by atoms with E-state index in [1.807, 2.05) is 11.8 Å². The topological polar surface area (TPSA) is 52.3 Å². The van der Waals surface area contributed by atoms with Crippen molar-refractivity contribution < 1.29 is 9.53 Å². The van der Waals surface area contributed by atoms with Crippen LogP contribution in [0.25, 0.3) is 0 Å². The van der Waals surface area contributed by atoms with Crippen molar-refractivity contribution in [3.63, 3.8) is 0 Å². The minimum Gasteiger partial charge on any atom is -0.458 e. The van der Waals surface area contributed by atoms with Crippen LogP contribution in [-0.4, -0.2) is 27.1 Å². The lowest BCUT2D eigenvalue weighted by Gasteiger charge is -2.43. The van der Waals surface area contributed by atoms with E-state index in [0.29, 0.717) is 11.4 Å². The molecule has 2 atom stereocenters. The zero-order valence-corrected chi connectivity index (χ0v) is 11.2. The number of thioether (sulfide) groups is 1. The number of nitrogens with two attached hydrogens (primary N) is 1. The third kappa shape index (κ3) is 2.07. The first-order chi connectivity index (χ1) is 7.35. The summed E-state index contributed by atoms with van der Waals surface area (Å²) in [5, 5.41) is 0. The first-order valence-electron chi connectivity index (χ1n) is 5.50. The first kappa shape index (κ1) is 12.2. The summed E-state index contributed by atoms with van der Waals surface area (Å²) in [5.41, 5.74) is 5.33. The molecule has 0 unspecified atom stereocenters. The van der Waals surface area contributed by atoms with Gasteiger partial charge >= 0.3 is 5.97 Å². The normalized spacial score (nSPS) is 37.4. The van der Waals surface area contributed by atoms with Gasteiger partial charge in [-0.3, -0.25) is 4.79 Å². The SMILES string of the molecule is CC1(C)C[C@]2(CCS1)OC(=O)C[C@@H]2C(N)=S. The summed E-state index contributed by atoms with van der Waals surface area (Å²) >= 11 is 7.00. The molecule has 0 radical (unpaired) electrons. The molecule has 2 aliphatic rings. The van der Waals surface area contributed by atoms with Crippen molar-refractivity contribution in [1.82, 2.24) is 0 Å². The number of hydrogen-bond acceptors (Lipinski definition) is 4. The van der Waals surface area contributed by atoms with Crippen LogP contribution in [0.3, 0.4) is 0 Å². The Hall–Kier alpha value is -0.290. The fourth-order valence-electron chi connectivity index (χ4n) is 2.80. The fourth-order valence-corrected chi connectivity index (χ4v) is 4.44. The largest absolute Gasteiger partial charge is 0.458 e. The molecular weight excluding hydrogens is 242 g/mol. The van der Waals surface area contributed by atoms with Crippen LogP contribution in [0.15, 0.2) is 0 Å². The lowest BCUT2D eigenvalue weighted by atomic mass is 9.78. The van der Waals surface area contributed by atoms with Crippen molar-refractivity contribution in [1.29, 1.82) is 0 Å². The van der Waals surface area contributed by atoms with Crippen LogP contribution in [-0.2, 0) is 9.53 Å². The summed E-state index contributed by atoms with van der Waals surface area (Å²) in [7, 11) is 0. The predicted octanol–water partition coefficient (Wildman–Crippen LogP) is 1.88. The molecule has 0 aromatic heterocycles. The zero-order chi connectivity index (χ0) is 12.0. The van der Waals surface area contributed by atoms with Crippen LogP contribution in [0.1, 0.15) is 33.1 Å². The summed E-state index contributed by atoms with van der Waals surface area (Å²) in [6.07, 6.45) is 2.07. The Bertz CT molecular complexity index is 343. The van der Waals surface area contributed by atoms with Gasteiger partial charge in [-0.25, -0.2) is 0 Å². The standard InChI is InChI=1S/C11H17NO2S2/c1-10(2)6-11(3-4-16-10)7(9(12)15)5-8(13)14-11/h7H,3-6H2,1-2H3,(H2,12,15)/t7-,11+/m1/s1. The molecular formula is C11H17NO2S2.